The normalized spacial score (nSPS) is 23.3. The van der Waals surface area contributed by atoms with Crippen LogP contribution in [0.15, 0.2) is 41.8 Å². The second-order valence-electron chi connectivity index (χ2n) is 6.13. The van der Waals surface area contributed by atoms with Gasteiger partial charge in [-0.2, -0.15) is 0 Å². The number of aryl methyl sites for hydroxylation is 1. The molecule has 1 nitrogen and oxygen atoms in total. The van der Waals surface area contributed by atoms with Crippen molar-refractivity contribution >= 4 is 11.3 Å². The lowest BCUT2D eigenvalue weighted by Gasteiger charge is -2.38. The number of nitrogens with one attached hydrogen (secondary N) is 1. The van der Waals surface area contributed by atoms with Gasteiger partial charge in [0.15, 0.2) is 0 Å². The van der Waals surface area contributed by atoms with Gasteiger partial charge in [0.1, 0.15) is 0 Å². The average Bonchev–Trinajstić information content (AvgIpc) is 2.86. The van der Waals surface area contributed by atoms with Gasteiger partial charge in [0.05, 0.1) is 0 Å². The minimum atomic E-state index is 0.581. The number of benzene rings is 1. The van der Waals surface area contributed by atoms with Crippen LogP contribution in [0.4, 0.5) is 0 Å². The first-order valence-corrected chi connectivity index (χ1v) is 8.43. The lowest BCUT2D eigenvalue weighted by Crippen LogP contribution is -2.45. The Morgan fingerprint density at radius 2 is 2.10 bits per heavy atom. The summed E-state index contributed by atoms with van der Waals surface area (Å²) in [5.41, 5.74) is 2.90. The predicted molar refractivity (Wildman–Crippen MR) is 87.6 cm³/mol. The van der Waals surface area contributed by atoms with Crippen molar-refractivity contribution in [2.75, 3.05) is 0 Å². The van der Waals surface area contributed by atoms with Gasteiger partial charge in [-0.15, -0.1) is 11.3 Å². The molecular weight excluding hydrogens is 262 g/mol. The standard InChI is InChI=1S/C18H23NS/c1-13-5-3-6-15(9-13)16-11-17(12-16)19-14(2)10-18-7-4-8-20-18/h3-9,14,16-17,19H,10-12H2,1-2H3. The zero-order valence-corrected chi connectivity index (χ0v) is 13.1. The zero-order chi connectivity index (χ0) is 13.9. The maximum Gasteiger partial charge on any atom is 0.00896 e. The topological polar surface area (TPSA) is 12.0 Å². The van der Waals surface area contributed by atoms with Gasteiger partial charge in [-0.25, -0.2) is 0 Å². The Morgan fingerprint density at radius 1 is 1.25 bits per heavy atom. The van der Waals surface area contributed by atoms with Crippen LogP contribution in [0.5, 0.6) is 0 Å². The molecule has 1 aliphatic rings. The summed E-state index contributed by atoms with van der Waals surface area (Å²) in [6, 6.07) is 14.7. The van der Waals surface area contributed by atoms with Crippen LogP contribution in [0.25, 0.3) is 0 Å². The van der Waals surface area contributed by atoms with Gasteiger partial charge in [0.25, 0.3) is 0 Å². The monoisotopic (exact) mass is 285 g/mol. The highest BCUT2D eigenvalue weighted by Crippen LogP contribution is 2.37. The van der Waals surface area contributed by atoms with E-state index >= 15 is 0 Å². The third-order valence-corrected chi connectivity index (χ3v) is 5.16. The number of thiophene rings is 1. The maximum atomic E-state index is 3.78. The van der Waals surface area contributed by atoms with Crippen molar-refractivity contribution in [3.63, 3.8) is 0 Å². The van der Waals surface area contributed by atoms with Crippen LogP contribution in [0, 0.1) is 6.92 Å². The van der Waals surface area contributed by atoms with Crippen LogP contribution in [0.2, 0.25) is 0 Å². The second-order valence-corrected chi connectivity index (χ2v) is 7.16. The van der Waals surface area contributed by atoms with Gasteiger partial charge >= 0.3 is 0 Å². The highest BCUT2D eigenvalue weighted by Gasteiger charge is 2.30. The Labute approximate surface area is 126 Å². The summed E-state index contributed by atoms with van der Waals surface area (Å²) in [7, 11) is 0. The Hall–Kier alpha value is -1.12. The van der Waals surface area contributed by atoms with Gasteiger partial charge in [-0.3, -0.25) is 0 Å². The molecule has 0 amide bonds. The third kappa shape index (κ3) is 3.31. The summed E-state index contributed by atoms with van der Waals surface area (Å²) >= 11 is 1.86. The molecule has 0 bridgehead atoms. The summed E-state index contributed by atoms with van der Waals surface area (Å²) in [4.78, 5) is 1.49. The van der Waals surface area contributed by atoms with Crippen molar-refractivity contribution in [2.45, 2.75) is 51.1 Å². The summed E-state index contributed by atoms with van der Waals surface area (Å²) in [6.45, 7) is 4.49. The molecular formula is C18H23NS. The molecule has 0 aliphatic heterocycles. The largest absolute Gasteiger partial charge is 0.311 e. The van der Waals surface area contributed by atoms with Crippen molar-refractivity contribution in [1.29, 1.82) is 0 Å². The quantitative estimate of drug-likeness (QED) is 0.851. The lowest BCUT2D eigenvalue weighted by atomic mass is 9.75. The summed E-state index contributed by atoms with van der Waals surface area (Å²) in [5, 5.41) is 5.94. The minimum absolute atomic E-state index is 0.581. The van der Waals surface area contributed by atoms with Crippen molar-refractivity contribution in [2.24, 2.45) is 0 Å². The second kappa shape index (κ2) is 6.11. The molecule has 0 spiro atoms. The lowest BCUT2D eigenvalue weighted by molar-refractivity contribution is 0.269. The molecule has 106 valence electrons. The minimum Gasteiger partial charge on any atom is -0.311 e. The van der Waals surface area contributed by atoms with Gasteiger partial charge in [-0.1, -0.05) is 35.9 Å². The molecule has 2 aromatic rings. The summed E-state index contributed by atoms with van der Waals surface area (Å²) < 4.78 is 0. The maximum absolute atomic E-state index is 3.78. The highest BCUT2D eigenvalue weighted by atomic mass is 32.1. The molecule has 1 fully saturated rings. The fourth-order valence-electron chi connectivity index (χ4n) is 3.14. The number of hydrogen-bond acceptors (Lipinski definition) is 2. The molecule has 1 N–H and O–H groups in total. The van der Waals surface area contributed by atoms with Crippen LogP contribution >= 0.6 is 11.3 Å². The summed E-state index contributed by atoms with van der Waals surface area (Å²) in [5.74, 6) is 0.765. The van der Waals surface area contributed by atoms with Crippen molar-refractivity contribution < 1.29 is 0 Å². The van der Waals surface area contributed by atoms with E-state index in [4.69, 9.17) is 0 Å². The predicted octanol–water partition coefficient (Wildman–Crippen LogP) is 4.52. The van der Waals surface area contributed by atoms with Crippen LogP contribution in [0.3, 0.4) is 0 Å². The van der Waals surface area contributed by atoms with E-state index in [9.17, 15) is 0 Å². The van der Waals surface area contributed by atoms with E-state index in [1.165, 1.54) is 28.8 Å². The molecule has 1 aliphatic carbocycles. The van der Waals surface area contributed by atoms with E-state index < -0.39 is 0 Å². The Bertz CT molecular complexity index is 540. The van der Waals surface area contributed by atoms with Gasteiger partial charge < -0.3 is 5.32 Å². The smallest absolute Gasteiger partial charge is 0.00896 e. The molecule has 3 rings (SSSR count). The molecule has 1 unspecified atom stereocenters. The molecule has 0 radical (unpaired) electrons. The molecule has 1 aromatic heterocycles. The first-order valence-electron chi connectivity index (χ1n) is 7.55. The highest BCUT2D eigenvalue weighted by molar-refractivity contribution is 7.09. The van der Waals surface area contributed by atoms with E-state index in [1.807, 2.05) is 11.3 Å². The molecule has 1 atom stereocenters. The average molecular weight is 285 g/mol. The van der Waals surface area contributed by atoms with Gasteiger partial charge in [0.2, 0.25) is 0 Å². The first kappa shape index (κ1) is 13.8. The Balaban J connectivity index is 1.46. The van der Waals surface area contributed by atoms with Crippen molar-refractivity contribution in [3.05, 3.63) is 57.8 Å². The Morgan fingerprint density at radius 3 is 2.80 bits per heavy atom. The number of rotatable bonds is 5. The molecule has 1 saturated carbocycles. The Kier molecular flexibility index (Phi) is 4.23. The molecule has 1 aromatic carbocycles. The van der Waals surface area contributed by atoms with Gasteiger partial charge in [0, 0.05) is 17.0 Å². The molecule has 2 heteroatoms. The fourth-order valence-corrected chi connectivity index (χ4v) is 3.98. The van der Waals surface area contributed by atoms with Crippen molar-refractivity contribution in [3.8, 4) is 0 Å². The van der Waals surface area contributed by atoms with Gasteiger partial charge in [-0.05, 0) is 56.0 Å². The van der Waals surface area contributed by atoms with Crippen LogP contribution in [-0.2, 0) is 6.42 Å². The molecule has 1 heterocycles. The zero-order valence-electron chi connectivity index (χ0n) is 12.3. The fraction of sp³-hybridized carbons (Fsp3) is 0.444. The van der Waals surface area contributed by atoms with Crippen molar-refractivity contribution in [1.82, 2.24) is 5.32 Å². The van der Waals surface area contributed by atoms with Crippen LogP contribution in [-0.4, -0.2) is 12.1 Å². The van der Waals surface area contributed by atoms with E-state index in [0.717, 1.165) is 12.3 Å². The van der Waals surface area contributed by atoms with E-state index in [1.54, 1.807) is 0 Å². The van der Waals surface area contributed by atoms with Crippen LogP contribution in [0.1, 0.15) is 41.7 Å². The van der Waals surface area contributed by atoms with E-state index in [-0.39, 0.29) is 0 Å². The summed E-state index contributed by atoms with van der Waals surface area (Å²) in [6.07, 6.45) is 3.74. The van der Waals surface area contributed by atoms with Crippen LogP contribution < -0.4 is 5.32 Å². The number of hydrogen-bond donors (Lipinski definition) is 1. The van der Waals surface area contributed by atoms with E-state index in [0.29, 0.717) is 12.1 Å². The molecule has 0 saturated heterocycles. The third-order valence-electron chi connectivity index (χ3n) is 4.26. The first-order chi connectivity index (χ1) is 9.70. The van der Waals surface area contributed by atoms with E-state index in [2.05, 4.69) is 60.9 Å². The molecule has 20 heavy (non-hydrogen) atoms. The SMILES string of the molecule is Cc1cccc(C2CC(NC(C)Cc3cccs3)C2)c1.